The van der Waals surface area contributed by atoms with Crippen molar-refractivity contribution in [2.45, 2.75) is 13.8 Å². The van der Waals surface area contributed by atoms with Crippen LogP contribution in [0.15, 0.2) is 34.8 Å². The van der Waals surface area contributed by atoms with Gasteiger partial charge >= 0.3 is 5.97 Å². The molecule has 0 radical (unpaired) electrons. The average Bonchev–Trinajstić information content (AvgIpc) is 2.43. The molecule has 0 aliphatic heterocycles. The molecule has 5 heteroatoms. The Kier molecular flexibility index (Phi) is 4.91. The molecule has 0 saturated heterocycles. The van der Waals surface area contributed by atoms with Gasteiger partial charge in [-0.2, -0.15) is 0 Å². The molecule has 3 nitrogen and oxygen atoms in total. The second kappa shape index (κ2) is 6.50. The Morgan fingerprint density at radius 3 is 2.29 bits per heavy atom. The van der Waals surface area contributed by atoms with Crippen molar-refractivity contribution in [2.75, 3.05) is 7.11 Å². The van der Waals surface area contributed by atoms with Gasteiger partial charge in [-0.25, -0.2) is 4.79 Å². The van der Waals surface area contributed by atoms with E-state index in [9.17, 15) is 4.79 Å². The predicted molar refractivity (Wildman–Crippen MR) is 86.5 cm³/mol. The molecule has 0 spiro atoms. The first-order valence-electron chi connectivity index (χ1n) is 6.25. The van der Waals surface area contributed by atoms with E-state index in [2.05, 4.69) is 20.7 Å². The first-order valence-corrected chi connectivity index (χ1v) is 7.42. The van der Waals surface area contributed by atoms with Crippen molar-refractivity contribution in [1.29, 1.82) is 0 Å². The Bertz CT molecular complexity index is 675. The van der Waals surface area contributed by atoms with Gasteiger partial charge in [-0.3, -0.25) is 0 Å². The zero-order valence-electron chi connectivity index (χ0n) is 11.9. The first kappa shape index (κ1) is 15.9. The molecule has 21 heavy (non-hydrogen) atoms. The topological polar surface area (TPSA) is 35.5 Å². The van der Waals surface area contributed by atoms with E-state index in [-0.39, 0.29) is 5.97 Å². The molecule has 0 atom stereocenters. The molecular formula is C16H14BrClO3. The molecule has 0 saturated carbocycles. The molecule has 110 valence electrons. The van der Waals surface area contributed by atoms with Crippen LogP contribution in [0.1, 0.15) is 21.5 Å². The summed E-state index contributed by atoms with van der Waals surface area (Å²) in [5, 5.41) is 0.678. The lowest BCUT2D eigenvalue weighted by atomic mass is 10.1. The van der Waals surface area contributed by atoms with E-state index in [4.69, 9.17) is 16.3 Å². The predicted octanol–water partition coefficient (Wildman–Crippen LogP) is 5.30. The molecule has 2 aromatic carbocycles. The van der Waals surface area contributed by atoms with E-state index in [0.29, 0.717) is 20.8 Å². The van der Waals surface area contributed by atoms with E-state index in [1.54, 1.807) is 18.2 Å². The van der Waals surface area contributed by atoms with Crippen LogP contribution in [0.25, 0.3) is 0 Å². The molecule has 0 heterocycles. The van der Waals surface area contributed by atoms with Gasteiger partial charge in [0.05, 0.1) is 17.1 Å². The standard InChI is InChI=1S/C16H14BrClO3/c1-9-6-12(18)7-10(2)15(9)21-14-5-4-11(8-13(14)17)16(19)20-3/h4-8H,1-3H3. The van der Waals surface area contributed by atoms with Gasteiger partial charge in [0.25, 0.3) is 0 Å². The lowest BCUT2D eigenvalue weighted by Crippen LogP contribution is -2.01. The van der Waals surface area contributed by atoms with Crippen molar-refractivity contribution in [3.05, 3.63) is 56.5 Å². The molecule has 0 amide bonds. The molecule has 2 rings (SSSR count). The van der Waals surface area contributed by atoms with Crippen molar-refractivity contribution >= 4 is 33.5 Å². The summed E-state index contributed by atoms with van der Waals surface area (Å²) in [6.07, 6.45) is 0. The fourth-order valence-electron chi connectivity index (χ4n) is 2.00. The van der Waals surface area contributed by atoms with E-state index in [0.717, 1.165) is 16.9 Å². The molecule has 0 aromatic heterocycles. The number of hydrogen-bond donors (Lipinski definition) is 0. The number of carbonyl (C=O) groups excluding carboxylic acids is 1. The fourth-order valence-corrected chi connectivity index (χ4v) is 2.78. The number of methoxy groups -OCH3 is 1. The summed E-state index contributed by atoms with van der Waals surface area (Å²) in [4.78, 5) is 11.5. The second-order valence-electron chi connectivity index (χ2n) is 4.61. The van der Waals surface area contributed by atoms with E-state index in [1.165, 1.54) is 7.11 Å². The Morgan fingerprint density at radius 2 is 1.76 bits per heavy atom. The van der Waals surface area contributed by atoms with E-state index < -0.39 is 0 Å². The number of benzene rings is 2. The van der Waals surface area contributed by atoms with Crippen LogP contribution in [0, 0.1) is 13.8 Å². The highest BCUT2D eigenvalue weighted by Gasteiger charge is 2.12. The largest absolute Gasteiger partial charge is 0.465 e. The molecule has 0 fully saturated rings. The third-order valence-electron chi connectivity index (χ3n) is 2.99. The SMILES string of the molecule is COC(=O)c1ccc(Oc2c(C)cc(Cl)cc2C)c(Br)c1. The van der Waals surface area contributed by atoms with Crippen molar-refractivity contribution < 1.29 is 14.3 Å². The molecule has 0 aliphatic rings. The van der Waals surface area contributed by atoms with Gasteiger partial charge in [-0.05, 0) is 71.2 Å². The number of ether oxygens (including phenoxy) is 2. The Labute approximate surface area is 137 Å². The van der Waals surface area contributed by atoms with Crippen molar-refractivity contribution in [3.63, 3.8) is 0 Å². The summed E-state index contributed by atoms with van der Waals surface area (Å²) in [6, 6.07) is 8.75. The summed E-state index contributed by atoms with van der Waals surface area (Å²) < 4.78 is 11.3. The molecule has 0 bridgehead atoms. The quantitative estimate of drug-likeness (QED) is 0.689. The van der Waals surface area contributed by atoms with Gasteiger partial charge in [0, 0.05) is 5.02 Å². The van der Waals surface area contributed by atoms with Gasteiger partial charge in [-0.15, -0.1) is 0 Å². The van der Waals surface area contributed by atoms with Crippen LogP contribution < -0.4 is 4.74 Å². The highest BCUT2D eigenvalue weighted by atomic mass is 79.9. The minimum atomic E-state index is -0.388. The maximum atomic E-state index is 11.5. The van der Waals surface area contributed by atoms with Crippen LogP contribution in [-0.4, -0.2) is 13.1 Å². The van der Waals surface area contributed by atoms with Gasteiger partial charge in [0.15, 0.2) is 0 Å². The third-order valence-corrected chi connectivity index (χ3v) is 3.83. The third kappa shape index (κ3) is 3.57. The minimum absolute atomic E-state index is 0.388. The average molecular weight is 370 g/mol. The number of halogens is 2. The van der Waals surface area contributed by atoms with Gasteiger partial charge < -0.3 is 9.47 Å². The lowest BCUT2D eigenvalue weighted by molar-refractivity contribution is 0.0600. The minimum Gasteiger partial charge on any atom is -0.465 e. The van der Waals surface area contributed by atoms with Gasteiger partial charge in [0.1, 0.15) is 11.5 Å². The van der Waals surface area contributed by atoms with Crippen molar-refractivity contribution in [3.8, 4) is 11.5 Å². The lowest BCUT2D eigenvalue weighted by Gasteiger charge is -2.14. The zero-order chi connectivity index (χ0) is 15.6. The van der Waals surface area contributed by atoms with Crippen LogP contribution >= 0.6 is 27.5 Å². The van der Waals surface area contributed by atoms with Crippen LogP contribution in [0.2, 0.25) is 5.02 Å². The van der Waals surface area contributed by atoms with Crippen molar-refractivity contribution in [1.82, 2.24) is 0 Å². The van der Waals surface area contributed by atoms with Crippen LogP contribution in [-0.2, 0) is 4.74 Å². The summed E-state index contributed by atoms with van der Waals surface area (Å²) in [5.74, 6) is 0.989. The summed E-state index contributed by atoms with van der Waals surface area (Å²) in [6.45, 7) is 3.87. The summed E-state index contributed by atoms with van der Waals surface area (Å²) in [7, 11) is 1.35. The maximum absolute atomic E-state index is 11.5. The molecule has 0 N–H and O–H groups in total. The first-order chi connectivity index (χ1) is 9.92. The highest BCUT2D eigenvalue weighted by Crippen LogP contribution is 2.35. The fraction of sp³-hybridized carbons (Fsp3) is 0.188. The van der Waals surface area contributed by atoms with E-state index in [1.807, 2.05) is 26.0 Å². The molecule has 0 aliphatic carbocycles. The number of rotatable bonds is 3. The van der Waals surface area contributed by atoms with Crippen LogP contribution in [0.4, 0.5) is 0 Å². The summed E-state index contributed by atoms with van der Waals surface area (Å²) >= 11 is 9.42. The maximum Gasteiger partial charge on any atom is 0.337 e. The molecular weight excluding hydrogens is 356 g/mol. The Balaban J connectivity index is 2.35. The highest BCUT2D eigenvalue weighted by molar-refractivity contribution is 9.10. The Morgan fingerprint density at radius 1 is 1.14 bits per heavy atom. The van der Waals surface area contributed by atoms with Crippen LogP contribution in [0.5, 0.6) is 11.5 Å². The smallest absolute Gasteiger partial charge is 0.337 e. The Hall–Kier alpha value is -1.52. The number of esters is 1. The molecule has 2 aromatic rings. The summed E-state index contributed by atoms with van der Waals surface area (Å²) in [5.41, 5.74) is 2.36. The number of hydrogen-bond acceptors (Lipinski definition) is 3. The van der Waals surface area contributed by atoms with Crippen molar-refractivity contribution in [2.24, 2.45) is 0 Å². The van der Waals surface area contributed by atoms with E-state index >= 15 is 0 Å². The van der Waals surface area contributed by atoms with Gasteiger partial charge in [0.2, 0.25) is 0 Å². The molecule has 0 unspecified atom stereocenters. The normalized spacial score (nSPS) is 10.3. The number of carbonyl (C=O) groups is 1. The second-order valence-corrected chi connectivity index (χ2v) is 5.90. The van der Waals surface area contributed by atoms with Gasteiger partial charge in [-0.1, -0.05) is 11.6 Å². The zero-order valence-corrected chi connectivity index (χ0v) is 14.2. The van der Waals surface area contributed by atoms with Crippen LogP contribution in [0.3, 0.4) is 0 Å². The number of aryl methyl sites for hydroxylation is 2. The monoisotopic (exact) mass is 368 g/mol.